The van der Waals surface area contributed by atoms with Gasteiger partial charge in [0.2, 0.25) is 0 Å². The van der Waals surface area contributed by atoms with Crippen LogP contribution in [-0.2, 0) is 17.1 Å². The van der Waals surface area contributed by atoms with Crippen molar-refractivity contribution in [2.24, 2.45) is 0 Å². The van der Waals surface area contributed by atoms with E-state index in [1.165, 1.54) is 10.8 Å². The van der Waals surface area contributed by atoms with Gasteiger partial charge in [-0.2, -0.15) is 0 Å². The molecule has 9 heteroatoms. The summed E-state index contributed by atoms with van der Waals surface area (Å²) in [5.41, 5.74) is 5.72. The van der Waals surface area contributed by atoms with Gasteiger partial charge in [0.05, 0.1) is 23.3 Å². The molecule has 231 valence electrons. The fourth-order valence-electron chi connectivity index (χ4n) is 6.95. The number of aromatic nitrogens is 8. The molecule has 5 heterocycles. The standard InChI is InChI=1S/C40H20N8.Cu/c1-2-10-22-18-24-20-32-31(19-23(24)17-21(22)9-1)39-46-37-29-15-7-5-13-27(29)35(44-37)42-33-25-11-3-4-12-26(25)34(41-33)43-36-28-14-6-8-16-30(28)38(45-36)47-40(32)48-39;/h1-20H;/q-2;+2. The summed E-state index contributed by atoms with van der Waals surface area (Å²) in [5.74, 6) is 2.17. The van der Waals surface area contributed by atoms with E-state index in [1.54, 1.807) is 0 Å². The van der Waals surface area contributed by atoms with Gasteiger partial charge in [0.1, 0.15) is 0 Å². The minimum absolute atomic E-state index is 0. The average molecular weight is 676 g/mol. The van der Waals surface area contributed by atoms with Crippen molar-refractivity contribution in [1.82, 2.24) is 39.9 Å². The van der Waals surface area contributed by atoms with Crippen LogP contribution in [-0.4, -0.2) is 29.9 Å². The van der Waals surface area contributed by atoms with Crippen LogP contribution in [0.4, 0.5) is 0 Å². The van der Waals surface area contributed by atoms with Crippen molar-refractivity contribution < 1.29 is 17.1 Å². The topological polar surface area (TPSA) is 106 Å². The number of nitrogens with zero attached hydrogens (tertiary/aromatic N) is 8. The van der Waals surface area contributed by atoms with Crippen molar-refractivity contribution in [3.63, 3.8) is 0 Å². The summed E-state index contributed by atoms with van der Waals surface area (Å²) in [5, 5.41) is 8.10. The van der Waals surface area contributed by atoms with Gasteiger partial charge in [0, 0.05) is 44.8 Å². The normalized spacial score (nSPS) is 11.9. The van der Waals surface area contributed by atoms with E-state index in [4.69, 9.17) is 39.9 Å². The zero-order valence-corrected chi connectivity index (χ0v) is 26.4. The first-order chi connectivity index (χ1) is 23.7. The Morgan fingerprint density at radius 3 is 1.02 bits per heavy atom. The molecular formula is C40H20CuN8. The maximum atomic E-state index is 5.12. The Hall–Kier alpha value is -6.28. The Morgan fingerprint density at radius 1 is 0.306 bits per heavy atom. The maximum Gasteiger partial charge on any atom is 2.00 e. The summed E-state index contributed by atoms with van der Waals surface area (Å²) >= 11 is 0. The van der Waals surface area contributed by atoms with Gasteiger partial charge in [-0.15, -0.1) is 0 Å². The molecule has 6 aromatic carbocycles. The fourth-order valence-corrected chi connectivity index (χ4v) is 6.95. The minimum atomic E-state index is 0. The van der Waals surface area contributed by atoms with Crippen molar-refractivity contribution >= 4 is 65.7 Å². The van der Waals surface area contributed by atoms with Gasteiger partial charge in [-0.3, -0.25) is 0 Å². The third-order valence-corrected chi connectivity index (χ3v) is 9.24. The van der Waals surface area contributed by atoms with Crippen molar-refractivity contribution in [3.05, 3.63) is 121 Å². The molecule has 0 saturated heterocycles. The van der Waals surface area contributed by atoms with Crippen LogP contribution >= 0.6 is 0 Å². The second-order valence-electron chi connectivity index (χ2n) is 12.1. The number of fused-ring (bicyclic) bond motifs is 22. The number of rotatable bonds is 0. The van der Waals surface area contributed by atoms with Crippen molar-refractivity contribution in [2.75, 3.05) is 0 Å². The second kappa shape index (κ2) is 10.4. The zero-order chi connectivity index (χ0) is 31.3. The zero-order valence-electron chi connectivity index (χ0n) is 25.4. The molecule has 2 aliphatic heterocycles. The third-order valence-electron chi connectivity index (χ3n) is 9.24. The maximum absolute atomic E-state index is 5.12. The van der Waals surface area contributed by atoms with E-state index in [1.807, 2.05) is 72.8 Å². The van der Waals surface area contributed by atoms with Gasteiger partial charge in [-0.1, -0.05) is 97.1 Å². The summed E-state index contributed by atoms with van der Waals surface area (Å²) in [6, 6.07) is 41.1. The van der Waals surface area contributed by atoms with Crippen LogP contribution in [0.25, 0.3) is 111 Å². The Bertz CT molecular complexity index is 2840. The van der Waals surface area contributed by atoms with Gasteiger partial charge in [0.15, 0.2) is 0 Å². The molecule has 0 amide bonds. The van der Waals surface area contributed by atoms with Crippen LogP contribution < -0.4 is 9.97 Å². The molecule has 3 aromatic heterocycles. The molecule has 49 heavy (non-hydrogen) atoms. The van der Waals surface area contributed by atoms with Crippen molar-refractivity contribution in [2.45, 2.75) is 0 Å². The molecule has 0 N–H and O–H groups in total. The molecule has 9 aromatic rings. The first-order valence-corrected chi connectivity index (χ1v) is 15.7. The van der Waals surface area contributed by atoms with E-state index in [0.29, 0.717) is 45.9 Å². The van der Waals surface area contributed by atoms with Gasteiger partial charge in [0.25, 0.3) is 0 Å². The largest absolute Gasteiger partial charge is 2.00 e. The molecule has 0 fully saturated rings. The fraction of sp³-hybridized carbons (Fsp3) is 0. The molecule has 0 spiro atoms. The molecular weight excluding hydrogens is 656 g/mol. The first kappa shape index (κ1) is 27.8. The van der Waals surface area contributed by atoms with E-state index in [9.17, 15) is 0 Å². The van der Waals surface area contributed by atoms with Gasteiger partial charge >= 0.3 is 17.1 Å². The second-order valence-corrected chi connectivity index (χ2v) is 12.1. The van der Waals surface area contributed by atoms with Crippen LogP contribution in [0.3, 0.4) is 0 Å². The Balaban J connectivity index is 0.00000306. The Labute approximate surface area is 288 Å². The SMILES string of the molecule is [Cu+2].c1ccc2c(c1)-c1nc-2nc2[n-]c(nc3nc(nc4[n-]c(n1)c1ccccc41)-c1ccccc1-3)c1cc3cc4ccccc4cc3cc21. The van der Waals surface area contributed by atoms with E-state index in [0.717, 1.165) is 54.6 Å². The monoisotopic (exact) mass is 675 g/mol. The predicted octanol–water partition coefficient (Wildman–Crippen LogP) is 8.43. The Kier molecular flexibility index (Phi) is 5.88. The predicted molar refractivity (Wildman–Crippen MR) is 189 cm³/mol. The summed E-state index contributed by atoms with van der Waals surface area (Å²) in [4.78, 5) is 40.2. The van der Waals surface area contributed by atoms with E-state index in [2.05, 4.69) is 48.5 Å². The molecule has 11 rings (SSSR count). The van der Waals surface area contributed by atoms with Crippen molar-refractivity contribution in [3.8, 4) is 45.6 Å². The van der Waals surface area contributed by atoms with Crippen LogP contribution in [0, 0.1) is 0 Å². The third kappa shape index (κ3) is 4.16. The molecule has 0 unspecified atom stereocenters. The molecule has 0 atom stereocenters. The van der Waals surface area contributed by atoms with Crippen LogP contribution in [0.2, 0.25) is 0 Å². The molecule has 8 bridgehead atoms. The summed E-state index contributed by atoms with van der Waals surface area (Å²) in [6.07, 6.45) is 0. The average Bonchev–Trinajstić information content (AvgIpc) is 3.85. The molecule has 8 nitrogen and oxygen atoms in total. The summed E-state index contributed by atoms with van der Waals surface area (Å²) in [7, 11) is 0. The van der Waals surface area contributed by atoms with E-state index >= 15 is 0 Å². The molecule has 0 aliphatic carbocycles. The van der Waals surface area contributed by atoms with E-state index in [-0.39, 0.29) is 17.1 Å². The summed E-state index contributed by atoms with van der Waals surface area (Å²) in [6.45, 7) is 0. The smallest absolute Gasteiger partial charge is 0.357 e. The van der Waals surface area contributed by atoms with E-state index < -0.39 is 0 Å². The molecule has 0 saturated carbocycles. The molecule has 1 radical (unpaired) electrons. The van der Waals surface area contributed by atoms with Gasteiger partial charge in [-0.05, 0) is 67.4 Å². The van der Waals surface area contributed by atoms with Crippen molar-refractivity contribution in [1.29, 1.82) is 0 Å². The van der Waals surface area contributed by atoms with Gasteiger partial charge in [-0.25, -0.2) is 9.97 Å². The Morgan fingerprint density at radius 2 is 0.633 bits per heavy atom. The van der Waals surface area contributed by atoms with Crippen LogP contribution in [0.5, 0.6) is 0 Å². The van der Waals surface area contributed by atoms with Crippen LogP contribution in [0.1, 0.15) is 0 Å². The quantitative estimate of drug-likeness (QED) is 0.116. The number of benzene rings is 6. The minimum Gasteiger partial charge on any atom is -0.357 e. The number of hydrogen-bond acceptors (Lipinski definition) is 6. The van der Waals surface area contributed by atoms with Gasteiger partial charge < -0.3 is 29.9 Å². The number of hydrogen-bond donors (Lipinski definition) is 0. The first-order valence-electron chi connectivity index (χ1n) is 15.7. The summed E-state index contributed by atoms with van der Waals surface area (Å²) < 4.78 is 0. The van der Waals surface area contributed by atoms with Crippen LogP contribution in [0.15, 0.2) is 121 Å². The molecule has 2 aliphatic rings.